The molecule has 1 aliphatic heterocycles. The normalized spacial score (nSPS) is 13.4. The van der Waals surface area contributed by atoms with Crippen LogP contribution >= 0.6 is 0 Å². The summed E-state index contributed by atoms with van der Waals surface area (Å²) in [5.41, 5.74) is 3.74. The lowest BCUT2D eigenvalue weighted by atomic mass is 10.1. The number of anilines is 2. The Labute approximate surface area is 170 Å². The molecule has 0 saturated carbocycles. The van der Waals surface area contributed by atoms with Crippen molar-refractivity contribution in [3.63, 3.8) is 0 Å². The number of hydrogen-bond donors (Lipinski definition) is 1. The van der Waals surface area contributed by atoms with Gasteiger partial charge in [-0.05, 0) is 54.7 Å². The van der Waals surface area contributed by atoms with Gasteiger partial charge in [-0.15, -0.1) is 0 Å². The molecule has 1 heterocycles. The van der Waals surface area contributed by atoms with Gasteiger partial charge in [0.2, 0.25) is 5.91 Å². The highest BCUT2D eigenvalue weighted by molar-refractivity contribution is 5.96. The number of ether oxygens (including phenoxy) is 1. The molecular weight excluding hydrogens is 368 g/mol. The van der Waals surface area contributed by atoms with Gasteiger partial charge < -0.3 is 15.0 Å². The van der Waals surface area contributed by atoms with Gasteiger partial charge in [-0.25, -0.2) is 0 Å². The Morgan fingerprint density at radius 2 is 1.72 bits per heavy atom. The first-order valence-electron chi connectivity index (χ1n) is 9.99. The van der Waals surface area contributed by atoms with Gasteiger partial charge in [0.1, 0.15) is 0 Å². The van der Waals surface area contributed by atoms with Gasteiger partial charge in [0, 0.05) is 30.8 Å². The van der Waals surface area contributed by atoms with E-state index >= 15 is 0 Å². The third kappa shape index (κ3) is 5.91. The van der Waals surface area contributed by atoms with E-state index in [0.29, 0.717) is 18.5 Å². The number of esters is 1. The molecule has 2 aromatic rings. The van der Waals surface area contributed by atoms with Crippen molar-refractivity contribution in [2.75, 3.05) is 23.4 Å². The fourth-order valence-corrected chi connectivity index (χ4v) is 3.25. The van der Waals surface area contributed by atoms with Gasteiger partial charge in [0.15, 0.2) is 6.61 Å². The first-order valence-corrected chi connectivity index (χ1v) is 9.99. The van der Waals surface area contributed by atoms with Crippen molar-refractivity contribution in [3.8, 4) is 0 Å². The molecule has 1 N–H and O–H groups in total. The third-order valence-corrected chi connectivity index (χ3v) is 4.95. The van der Waals surface area contributed by atoms with Crippen LogP contribution in [0.3, 0.4) is 0 Å². The Kier molecular flexibility index (Phi) is 7.00. The summed E-state index contributed by atoms with van der Waals surface area (Å²) in [4.78, 5) is 37.4. The Balaban J connectivity index is 1.39. The maximum absolute atomic E-state index is 12.0. The van der Waals surface area contributed by atoms with Crippen LogP contribution in [0, 0.1) is 0 Å². The highest BCUT2D eigenvalue weighted by Crippen LogP contribution is 2.23. The van der Waals surface area contributed by atoms with E-state index < -0.39 is 11.9 Å². The van der Waals surface area contributed by atoms with E-state index in [0.717, 1.165) is 30.6 Å². The van der Waals surface area contributed by atoms with E-state index in [9.17, 15) is 14.4 Å². The second-order valence-electron chi connectivity index (χ2n) is 7.07. The maximum Gasteiger partial charge on any atom is 0.306 e. The number of aryl methyl sites for hydroxylation is 2. The smallest absolute Gasteiger partial charge is 0.306 e. The van der Waals surface area contributed by atoms with Crippen LogP contribution in [0.4, 0.5) is 11.4 Å². The molecule has 2 aromatic carbocycles. The van der Waals surface area contributed by atoms with Crippen molar-refractivity contribution in [3.05, 3.63) is 59.7 Å². The number of carbonyl (C=O) groups excluding carboxylic acids is 3. The van der Waals surface area contributed by atoms with Gasteiger partial charge in [0.25, 0.3) is 5.91 Å². The number of hydrogen-bond acceptors (Lipinski definition) is 4. The van der Waals surface area contributed by atoms with E-state index in [1.807, 2.05) is 12.1 Å². The average molecular weight is 394 g/mol. The minimum atomic E-state index is -0.400. The monoisotopic (exact) mass is 394 g/mol. The molecule has 2 amide bonds. The lowest BCUT2D eigenvalue weighted by molar-refractivity contribution is -0.147. The minimum absolute atomic E-state index is 0.120. The Morgan fingerprint density at radius 1 is 1.03 bits per heavy atom. The molecular formula is C23H26N2O4. The molecule has 0 atom stereocenters. The number of carbonyl (C=O) groups is 3. The van der Waals surface area contributed by atoms with Crippen LogP contribution in [0.15, 0.2) is 48.5 Å². The van der Waals surface area contributed by atoms with Crippen molar-refractivity contribution < 1.29 is 19.1 Å². The van der Waals surface area contributed by atoms with Crippen molar-refractivity contribution in [2.24, 2.45) is 0 Å². The zero-order chi connectivity index (χ0) is 20.6. The van der Waals surface area contributed by atoms with Crippen LogP contribution < -0.4 is 10.2 Å². The summed E-state index contributed by atoms with van der Waals surface area (Å²) in [7, 11) is 0. The summed E-state index contributed by atoms with van der Waals surface area (Å²) in [5.74, 6) is -0.673. The molecule has 0 unspecified atom stereocenters. The second-order valence-corrected chi connectivity index (χ2v) is 7.07. The standard InChI is InChI=1S/C23H26N2O4/c1-2-17-5-7-18(8-6-17)9-14-23(28)29-16-21(26)24-19-10-12-20(13-11-19)25-15-3-4-22(25)27/h5-8,10-13H,2-4,9,14-16H2,1H3,(H,24,26). The summed E-state index contributed by atoms with van der Waals surface area (Å²) in [6, 6.07) is 15.2. The Hall–Kier alpha value is -3.15. The minimum Gasteiger partial charge on any atom is -0.456 e. The number of nitrogens with zero attached hydrogens (tertiary/aromatic N) is 1. The van der Waals surface area contributed by atoms with E-state index in [-0.39, 0.29) is 18.9 Å². The second kappa shape index (κ2) is 9.87. The molecule has 1 saturated heterocycles. The summed E-state index contributed by atoms with van der Waals surface area (Å²) < 4.78 is 5.06. The number of rotatable bonds is 8. The summed E-state index contributed by atoms with van der Waals surface area (Å²) >= 11 is 0. The molecule has 0 aromatic heterocycles. The SMILES string of the molecule is CCc1ccc(CCC(=O)OCC(=O)Nc2ccc(N3CCCC3=O)cc2)cc1. The van der Waals surface area contributed by atoms with Crippen molar-refractivity contribution in [2.45, 2.75) is 39.0 Å². The number of amides is 2. The summed E-state index contributed by atoms with van der Waals surface area (Å²) in [6.07, 6.45) is 3.25. The average Bonchev–Trinajstić information content (AvgIpc) is 3.17. The molecule has 29 heavy (non-hydrogen) atoms. The lowest BCUT2D eigenvalue weighted by Gasteiger charge is -2.16. The van der Waals surface area contributed by atoms with Gasteiger partial charge in [-0.2, -0.15) is 0 Å². The van der Waals surface area contributed by atoms with Crippen LogP contribution in [-0.2, 0) is 32.0 Å². The predicted octanol–water partition coefficient (Wildman–Crippen LogP) is 3.49. The molecule has 0 aliphatic carbocycles. The molecule has 1 aliphatic rings. The van der Waals surface area contributed by atoms with Gasteiger partial charge in [0.05, 0.1) is 0 Å². The van der Waals surface area contributed by atoms with Gasteiger partial charge >= 0.3 is 5.97 Å². The topological polar surface area (TPSA) is 75.7 Å². The zero-order valence-corrected chi connectivity index (χ0v) is 16.6. The van der Waals surface area contributed by atoms with E-state index in [4.69, 9.17) is 4.74 Å². The van der Waals surface area contributed by atoms with Crippen LogP contribution in [0.1, 0.15) is 37.3 Å². The Bertz CT molecular complexity index is 859. The molecule has 0 radical (unpaired) electrons. The molecule has 3 rings (SSSR count). The van der Waals surface area contributed by atoms with E-state index in [1.165, 1.54) is 5.56 Å². The van der Waals surface area contributed by atoms with Gasteiger partial charge in [-0.1, -0.05) is 31.2 Å². The van der Waals surface area contributed by atoms with Crippen LogP contribution in [0.2, 0.25) is 0 Å². The number of nitrogens with one attached hydrogen (secondary N) is 1. The first kappa shape index (κ1) is 20.6. The predicted molar refractivity (Wildman–Crippen MR) is 112 cm³/mol. The zero-order valence-electron chi connectivity index (χ0n) is 16.6. The fraction of sp³-hybridized carbons (Fsp3) is 0.348. The molecule has 6 nitrogen and oxygen atoms in total. The summed E-state index contributed by atoms with van der Waals surface area (Å²) in [6.45, 7) is 2.50. The van der Waals surface area contributed by atoms with E-state index in [2.05, 4.69) is 24.4 Å². The largest absolute Gasteiger partial charge is 0.456 e. The Morgan fingerprint density at radius 3 is 2.34 bits per heavy atom. The lowest BCUT2D eigenvalue weighted by Crippen LogP contribution is -2.23. The summed E-state index contributed by atoms with van der Waals surface area (Å²) in [5, 5.41) is 2.69. The molecule has 1 fully saturated rings. The molecule has 0 spiro atoms. The quantitative estimate of drug-likeness (QED) is 0.696. The highest BCUT2D eigenvalue weighted by Gasteiger charge is 2.21. The third-order valence-electron chi connectivity index (χ3n) is 4.95. The van der Waals surface area contributed by atoms with Gasteiger partial charge in [-0.3, -0.25) is 14.4 Å². The van der Waals surface area contributed by atoms with Crippen molar-refractivity contribution in [1.29, 1.82) is 0 Å². The van der Waals surface area contributed by atoms with Crippen molar-refractivity contribution >= 4 is 29.2 Å². The molecule has 6 heteroatoms. The molecule has 152 valence electrons. The highest BCUT2D eigenvalue weighted by atomic mass is 16.5. The maximum atomic E-state index is 12.0. The number of benzene rings is 2. The van der Waals surface area contributed by atoms with Crippen LogP contribution in [0.5, 0.6) is 0 Å². The van der Waals surface area contributed by atoms with Crippen molar-refractivity contribution in [1.82, 2.24) is 0 Å². The van der Waals surface area contributed by atoms with Crippen LogP contribution in [-0.4, -0.2) is 30.9 Å². The van der Waals surface area contributed by atoms with E-state index in [1.54, 1.807) is 29.2 Å². The fourth-order valence-electron chi connectivity index (χ4n) is 3.25. The molecule has 0 bridgehead atoms. The van der Waals surface area contributed by atoms with Crippen LogP contribution in [0.25, 0.3) is 0 Å². The first-order chi connectivity index (χ1) is 14.0.